The third kappa shape index (κ3) is 3.29. The van der Waals surface area contributed by atoms with Gasteiger partial charge in [-0.3, -0.25) is 9.20 Å². The Balaban J connectivity index is 1.56. The van der Waals surface area contributed by atoms with Crippen molar-refractivity contribution in [2.45, 2.75) is 0 Å². The Bertz CT molecular complexity index is 1060. The highest BCUT2D eigenvalue weighted by molar-refractivity contribution is 7.15. The van der Waals surface area contributed by atoms with E-state index in [-0.39, 0.29) is 12.5 Å². The van der Waals surface area contributed by atoms with Crippen LogP contribution in [0.5, 0.6) is 5.75 Å². The molecule has 0 aliphatic rings. The van der Waals surface area contributed by atoms with Crippen LogP contribution in [0.2, 0.25) is 0 Å². The minimum absolute atomic E-state index is 0.227. The SMILES string of the molecule is O=C(COc1cccc(F)c1)Nc1c(-c2ccccc2)nc2sccn12. The Morgan fingerprint density at radius 1 is 1.19 bits per heavy atom. The number of rotatable bonds is 5. The van der Waals surface area contributed by atoms with Crippen LogP contribution < -0.4 is 10.1 Å². The predicted octanol–water partition coefficient (Wildman–Crippen LogP) is 4.22. The molecular weight excluding hydrogens is 353 g/mol. The summed E-state index contributed by atoms with van der Waals surface area (Å²) in [5.74, 6) is 0.127. The Morgan fingerprint density at radius 3 is 2.85 bits per heavy atom. The summed E-state index contributed by atoms with van der Waals surface area (Å²) in [4.78, 5) is 17.7. The van der Waals surface area contributed by atoms with Crippen molar-refractivity contribution in [3.05, 3.63) is 72.0 Å². The van der Waals surface area contributed by atoms with Crippen molar-refractivity contribution in [2.24, 2.45) is 0 Å². The van der Waals surface area contributed by atoms with E-state index in [1.165, 1.54) is 29.5 Å². The van der Waals surface area contributed by atoms with E-state index in [2.05, 4.69) is 10.3 Å². The Morgan fingerprint density at radius 2 is 2.04 bits per heavy atom. The zero-order valence-electron chi connectivity index (χ0n) is 13.6. The molecule has 0 aliphatic carbocycles. The smallest absolute Gasteiger partial charge is 0.263 e. The normalized spacial score (nSPS) is 10.8. The van der Waals surface area contributed by atoms with Crippen molar-refractivity contribution < 1.29 is 13.9 Å². The van der Waals surface area contributed by atoms with Gasteiger partial charge in [0.1, 0.15) is 23.1 Å². The van der Waals surface area contributed by atoms with Gasteiger partial charge in [0.2, 0.25) is 0 Å². The Hall–Kier alpha value is -3.19. The minimum atomic E-state index is -0.412. The second-order valence-electron chi connectivity index (χ2n) is 5.52. The molecule has 0 radical (unpaired) electrons. The molecular formula is C19H14FN3O2S. The van der Waals surface area contributed by atoms with E-state index < -0.39 is 5.82 Å². The highest BCUT2D eigenvalue weighted by Crippen LogP contribution is 2.30. The number of carbonyl (C=O) groups excluding carboxylic acids is 1. The summed E-state index contributed by atoms with van der Waals surface area (Å²) in [5.41, 5.74) is 1.60. The van der Waals surface area contributed by atoms with Gasteiger partial charge in [-0.2, -0.15) is 0 Å². The van der Waals surface area contributed by atoms with E-state index in [4.69, 9.17) is 4.74 Å². The van der Waals surface area contributed by atoms with E-state index in [0.29, 0.717) is 17.3 Å². The maximum atomic E-state index is 13.2. The molecule has 0 saturated carbocycles. The number of aromatic nitrogens is 2. The van der Waals surface area contributed by atoms with E-state index in [1.807, 2.05) is 46.3 Å². The molecule has 2 aromatic carbocycles. The number of nitrogens with zero attached hydrogens (tertiary/aromatic N) is 2. The van der Waals surface area contributed by atoms with Crippen molar-refractivity contribution in [1.82, 2.24) is 9.38 Å². The van der Waals surface area contributed by atoms with Gasteiger partial charge in [-0.05, 0) is 12.1 Å². The van der Waals surface area contributed by atoms with Crippen molar-refractivity contribution in [1.29, 1.82) is 0 Å². The first kappa shape index (κ1) is 16.3. The third-order valence-corrected chi connectivity index (χ3v) is 4.49. The molecule has 0 unspecified atom stereocenters. The molecule has 7 heteroatoms. The molecule has 1 amide bonds. The summed E-state index contributed by atoms with van der Waals surface area (Å²) in [6.07, 6.45) is 1.85. The maximum Gasteiger partial charge on any atom is 0.263 e. The van der Waals surface area contributed by atoms with E-state index in [0.717, 1.165) is 10.5 Å². The number of benzene rings is 2. The standard InChI is InChI=1S/C19H14FN3O2S/c20-14-7-4-8-15(11-14)25-12-16(24)21-18-17(13-5-2-1-3-6-13)22-19-23(18)9-10-26-19/h1-11H,12H2,(H,21,24). The van der Waals surface area contributed by atoms with Crippen LogP contribution in [0.15, 0.2) is 66.2 Å². The van der Waals surface area contributed by atoms with Crippen molar-refractivity contribution in [3.63, 3.8) is 0 Å². The van der Waals surface area contributed by atoms with Gasteiger partial charge >= 0.3 is 0 Å². The van der Waals surface area contributed by atoms with Gasteiger partial charge in [0.05, 0.1) is 0 Å². The second kappa shape index (κ2) is 6.97. The average molecular weight is 367 g/mol. The molecule has 2 aromatic heterocycles. The van der Waals surface area contributed by atoms with Crippen LogP contribution in [-0.2, 0) is 4.79 Å². The van der Waals surface area contributed by atoms with E-state index in [9.17, 15) is 9.18 Å². The fourth-order valence-electron chi connectivity index (χ4n) is 2.58. The largest absolute Gasteiger partial charge is 0.484 e. The topological polar surface area (TPSA) is 55.6 Å². The number of thiazole rings is 1. The minimum Gasteiger partial charge on any atom is -0.484 e. The van der Waals surface area contributed by atoms with Gasteiger partial charge in [0, 0.05) is 23.2 Å². The van der Waals surface area contributed by atoms with Crippen LogP contribution in [0.25, 0.3) is 16.2 Å². The van der Waals surface area contributed by atoms with Gasteiger partial charge < -0.3 is 10.1 Å². The lowest BCUT2D eigenvalue weighted by Crippen LogP contribution is -2.21. The quantitative estimate of drug-likeness (QED) is 0.575. The molecule has 4 aromatic rings. The molecule has 0 bridgehead atoms. The van der Waals surface area contributed by atoms with Crippen LogP contribution in [0.4, 0.5) is 10.2 Å². The lowest BCUT2D eigenvalue weighted by atomic mass is 10.1. The lowest BCUT2D eigenvalue weighted by molar-refractivity contribution is -0.118. The zero-order chi connectivity index (χ0) is 17.9. The fourth-order valence-corrected chi connectivity index (χ4v) is 3.29. The molecule has 2 heterocycles. The first-order valence-electron chi connectivity index (χ1n) is 7.90. The number of hydrogen-bond acceptors (Lipinski definition) is 4. The number of imidazole rings is 1. The molecule has 0 saturated heterocycles. The van der Waals surface area contributed by atoms with Crippen molar-refractivity contribution in [2.75, 3.05) is 11.9 Å². The zero-order valence-corrected chi connectivity index (χ0v) is 14.4. The van der Waals surface area contributed by atoms with E-state index >= 15 is 0 Å². The number of nitrogens with one attached hydrogen (secondary N) is 1. The van der Waals surface area contributed by atoms with Gasteiger partial charge in [-0.1, -0.05) is 36.4 Å². The molecule has 0 aliphatic heterocycles. The number of carbonyl (C=O) groups is 1. The van der Waals surface area contributed by atoms with Crippen molar-refractivity contribution >= 4 is 28.0 Å². The summed E-state index contributed by atoms with van der Waals surface area (Å²) in [5, 5.41) is 4.75. The highest BCUT2D eigenvalue weighted by Gasteiger charge is 2.17. The first-order valence-corrected chi connectivity index (χ1v) is 8.78. The monoisotopic (exact) mass is 367 g/mol. The highest BCUT2D eigenvalue weighted by atomic mass is 32.1. The Labute approximate surface area is 152 Å². The second-order valence-corrected chi connectivity index (χ2v) is 6.40. The number of hydrogen-bond donors (Lipinski definition) is 1. The first-order chi connectivity index (χ1) is 12.7. The summed E-state index contributed by atoms with van der Waals surface area (Å²) < 4.78 is 20.4. The molecule has 0 atom stereocenters. The van der Waals surface area contributed by atoms with Gasteiger partial charge in [0.25, 0.3) is 5.91 Å². The maximum absolute atomic E-state index is 13.2. The van der Waals surface area contributed by atoms with E-state index in [1.54, 1.807) is 6.07 Å². The van der Waals surface area contributed by atoms with Crippen LogP contribution in [0.3, 0.4) is 0 Å². The Kier molecular flexibility index (Phi) is 4.37. The summed E-state index contributed by atoms with van der Waals surface area (Å²) in [6, 6.07) is 15.3. The van der Waals surface area contributed by atoms with Crippen molar-refractivity contribution in [3.8, 4) is 17.0 Å². The molecule has 1 N–H and O–H groups in total. The predicted molar refractivity (Wildman–Crippen MR) is 99.0 cm³/mol. The molecule has 26 heavy (non-hydrogen) atoms. The van der Waals surface area contributed by atoms with Crippen LogP contribution in [0, 0.1) is 5.82 Å². The molecule has 0 fully saturated rings. The summed E-state index contributed by atoms with van der Waals surface area (Å²) in [7, 11) is 0. The molecule has 5 nitrogen and oxygen atoms in total. The number of fused-ring (bicyclic) bond motifs is 1. The fraction of sp³-hybridized carbons (Fsp3) is 0.0526. The number of anilines is 1. The summed E-state index contributed by atoms with van der Waals surface area (Å²) >= 11 is 1.48. The van der Waals surface area contributed by atoms with Gasteiger partial charge in [-0.25, -0.2) is 9.37 Å². The number of amides is 1. The number of ether oxygens (including phenoxy) is 1. The lowest BCUT2D eigenvalue weighted by Gasteiger charge is -2.09. The average Bonchev–Trinajstić information content (AvgIpc) is 3.24. The van der Waals surface area contributed by atoms with Gasteiger partial charge in [-0.15, -0.1) is 11.3 Å². The molecule has 130 valence electrons. The van der Waals surface area contributed by atoms with Gasteiger partial charge in [0.15, 0.2) is 11.6 Å². The van der Waals surface area contributed by atoms with Crippen LogP contribution >= 0.6 is 11.3 Å². The third-order valence-electron chi connectivity index (χ3n) is 3.73. The van der Waals surface area contributed by atoms with Crippen LogP contribution in [-0.4, -0.2) is 21.9 Å². The molecule has 0 spiro atoms. The number of halogens is 1. The summed E-state index contributed by atoms with van der Waals surface area (Å²) in [6.45, 7) is -0.227. The van der Waals surface area contributed by atoms with Crippen LogP contribution in [0.1, 0.15) is 0 Å². The molecule has 4 rings (SSSR count).